The van der Waals surface area contributed by atoms with Crippen LogP contribution in [-0.2, 0) is 12.8 Å². The Morgan fingerprint density at radius 3 is 2.79 bits per heavy atom. The lowest BCUT2D eigenvalue weighted by molar-refractivity contribution is 0.170. The molecule has 0 radical (unpaired) electrons. The van der Waals surface area contributed by atoms with Crippen LogP contribution in [0.3, 0.4) is 0 Å². The van der Waals surface area contributed by atoms with Crippen molar-refractivity contribution in [2.75, 3.05) is 19.8 Å². The van der Waals surface area contributed by atoms with Crippen molar-refractivity contribution in [3.05, 3.63) is 22.2 Å². The van der Waals surface area contributed by atoms with Crippen LogP contribution in [0.25, 0.3) is 0 Å². The summed E-state index contributed by atoms with van der Waals surface area (Å²) >= 11 is 6.34. The number of rotatable bonds is 3. The molecule has 0 spiro atoms. The normalized spacial score (nSPS) is 21.7. The molecule has 1 unspecified atom stereocenters. The molecular weight excluding hydrogens is 262 g/mol. The van der Waals surface area contributed by atoms with Gasteiger partial charge in [-0.3, -0.25) is 0 Å². The first-order valence-electron chi connectivity index (χ1n) is 7.12. The molecule has 1 atom stereocenters. The molecule has 0 bridgehead atoms. The van der Waals surface area contributed by atoms with Crippen LogP contribution in [0.2, 0.25) is 5.02 Å². The summed E-state index contributed by atoms with van der Waals surface area (Å²) in [6, 6.07) is 2.64. The lowest BCUT2D eigenvalue weighted by Crippen LogP contribution is -2.25. The van der Waals surface area contributed by atoms with Gasteiger partial charge in [-0.15, -0.1) is 0 Å². The van der Waals surface area contributed by atoms with Gasteiger partial charge in [0, 0.05) is 11.6 Å². The Bertz CT molecular complexity index is 470. The highest BCUT2D eigenvalue weighted by atomic mass is 35.5. The Labute approximate surface area is 119 Å². The van der Waals surface area contributed by atoms with Crippen molar-refractivity contribution in [2.45, 2.75) is 38.6 Å². The first-order chi connectivity index (χ1) is 9.29. The Morgan fingerprint density at radius 1 is 1.32 bits per heavy atom. The molecule has 0 aliphatic carbocycles. The molecule has 1 saturated heterocycles. The molecule has 1 N–H and O–H groups in total. The van der Waals surface area contributed by atoms with Gasteiger partial charge in [0.05, 0.1) is 5.02 Å². The van der Waals surface area contributed by atoms with Crippen LogP contribution in [0.15, 0.2) is 6.07 Å². The highest BCUT2D eigenvalue weighted by molar-refractivity contribution is 6.32. The summed E-state index contributed by atoms with van der Waals surface area (Å²) in [5.41, 5.74) is 2.56. The molecule has 2 aliphatic heterocycles. The molecule has 19 heavy (non-hydrogen) atoms. The van der Waals surface area contributed by atoms with Crippen molar-refractivity contribution >= 4 is 11.6 Å². The fourth-order valence-electron chi connectivity index (χ4n) is 3.04. The summed E-state index contributed by atoms with van der Waals surface area (Å²) < 4.78 is 11.5. The Morgan fingerprint density at radius 2 is 2.11 bits per heavy atom. The van der Waals surface area contributed by atoms with Crippen LogP contribution >= 0.6 is 11.6 Å². The maximum Gasteiger partial charge on any atom is 0.180 e. The lowest BCUT2D eigenvalue weighted by Gasteiger charge is -2.24. The van der Waals surface area contributed by atoms with Gasteiger partial charge in [0.2, 0.25) is 0 Å². The van der Waals surface area contributed by atoms with Crippen LogP contribution < -0.4 is 14.8 Å². The summed E-state index contributed by atoms with van der Waals surface area (Å²) in [5.74, 6) is 1.60. The number of hydrogen-bond acceptors (Lipinski definition) is 3. The van der Waals surface area contributed by atoms with E-state index < -0.39 is 0 Å². The summed E-state index contributed by atoms with van der Waals surface area (Å²) in [5, 5.41) is 4.22. The van der Waals surface area contributed by atoms with E-state index in [1.807, 2.05) is 0 Å². The van der Waals surface area contributed by atoms with E-state index in [1.54, 1.807) is 0 Å². The van der Waals surface area contributed by atoms with Gasteiger partial charge in [-0.1, -0.05) is 18.5 Å². The first kappa shape index (κ1) is 13.1. The third-order valence-corrected chi connectivity index (χ3v) is 4.22. The second kappa shape index (κ2) is 5.59. The van der Waals surface area contributed by atoms with Crippen molar-refractivity contribution in [1.82, 2.24) is 5.32 Å². The molecule has 2 aliphatic rings. The SMILES string of the molecule is CCc1c(CC2CCCN2)cc(Cl)c2c1OCCO2. The number of fused-ring (bicyclic) bond motifs is 1. The third-order valence-electron chi connectivity index (χ3n) is 3.94. The van der Waals surface area contributed by atoms with Gasteiger partial charge in [0.25, 0.3) is 0 Å². The standard InChI is InChI=1S/C15H20ClNO2/c1-2-12-10(8-11-4-3-5-17-11)9-13(16)15-14(12)18-6-7-19-15/h9,11,17H,2-8H2,1H3. The minimum Gasteiger partial charge on any atom is -0.486 e. The number of ether oxygens (including phenoxy) is 2. The predicted molar refractivity (Wildman–Crippen MR) is 76.5 cm³/mol. The summed E-state index contributed by atoms with van der Waals surface area (Å²) in [7, 11) is 0. The quantitative estimate of drug-likeness (QED) is 0.924. The van der Waals surface area contributed by atoms with Crippen LogP contribution in [0, 0.1) is 0 Å². The van der Waals surface area contributed by atoms with Gasteiger partial charge < -0.3 is 14.8 Å². The topological polar surface area (TPSA) is 30.5 Å². The minimum atomic E-state index is 0.573. The second-order valence-electron chi connectivity index (χ2n) is 5.20. The van der Waals surface area contributed by atoms with Gasteiger partial charge >= 0.3 is 0 Å². The molecule has 0 aromatic heterocycles. The fourth-order valence-corrected chi connectivity index (χ4v) is 3.31. The van der Waals surface area contributed by atoms with Gasteiger partial charge in [0.1, 0.15) is 13.2 Å². The average Bonchev–Trinajstić information content (AvgIpc) is 2.92. The maximum atomic E-state index is 6.34. The van der Waals surface area contributed by atoms with E-state index in [0.29, 0.717) is 24.3 Å². The van der Waals surface area contributed by atoms with Crippen molar-refractivity contribution < 1.29 is 9.47 Å². The molecule has 3 nitrogen and oxygen atoms in total. The van der Waals surface area contributed by atoms with Gasteiger partial charge in [-0.25, -0.2) is 0 Å². The molecule has 0 saturated carbocycles. The third kappa shape index (κ3) is 2.54. The highest BCUT2D eigenvalue weighted by Gasteiger charge is 2.24. The molecule has 2 heterocycles. The molecule has 1 aromatic rings. The molecule has 4 heteroatoms. The van der Waals surface area contributed by atoms with Crippen molar-refractivity contribution in [2.24, 2.45) is 0 Å². The monoisotopic (exact) mass is 281 g/mol. The number of benzene rings is 1. The van der Waals surface area contributed by atoms with Gasteiger partial charge in [-0.05, 0) is 43.9 Å². The first-order valence-corrected chi connectivity index (χ1v) is 7.50. The van der Waals surface area contributed by atoms with E-state index in [0.717, 1.165) is 30.9 Å². The zero-order chi connectivity index (χ0) is 13.2. The van der Waals surface area contributed by atoms with Crippen LogP contribution in [0.1, 0.15) is 30.9 Å². The van der Waals surface area contributed by atoms with Crippen LogP contribution in [-0.4, -0.2) is 25.8 Å². The zero-order valence-corrected chi connectivity index (χ0v) is 12.1. The molecule has 3 rings (SSSR count). The number of hydrogen-bond donors (Lipinski definition) is 1. The Balaban J connectivity index is 1.96. The number of nitrogens with one attached hydrogen (secondary N) is 1. The Kier molecular flexibility index (Phi) is 3.85. The Hall–Kier alpha value is -0.930. The number of halogens is 1. The van der Waals surface area contributed by atoms with Gasteiger partial charge in [-0.2, -0.15) is 0 Å². The summed E-state index contributed by atoms with van der Waals surface area (Å²) in [6.07, 6.45) is 4.49. The molecule has 1 fully saturated rings. The molecule has 1 aromatic carbocycles. The minimum absolute atomic E-state index is 0.573. The van der Waals surface area contributed by atoms with Crippen molar-refractivity contribution in [3.8, 4) is 11.5 Å². The van der Waals surface area contributed by atoms with Gasteiger partial charge in [0.15, 0.2) is 11.5 Å². The van der Waals surface area contributed by atoms with E-state index in [1.165, 1.54) is 24.0 Å². The van der Waals surface area contributed by atoms with E-state index in [9.17, 15) is 0 Å². The van der Waals surface area contributed by atoms with E-state index >= 15 is 0 Å². The van der Waals surface area contributed by atoms with E-state index in [-0.39, 0.29) is 0 Å². The predicted octanol–water partition coefficient (Wildman–Crippen LogP) is 2.97. The van der Waals surface area contributed by atoms with Crippen LogP contribution in [0.5, 0.6) is 11.5 Å². The largest absolute Gasteiger partial charge is 0.486 e. The molecular formula is C15H20ClNO2. The average molecular weight is 282 g/mol. The van der Waals surface area contributed by atoms with Crippen molar-refractivity contribution in [1.29, 1.82) is 0 Å². The van der Waals surface area contributed by atoms with E-state index in [4.69, 9.17) is 21.1 Å². The molecule has 0 amide bonds. The smallest absolute Gasteiger partial charge is 0.180 e. The molecule has 104 valence electrons. The second-order valence-corrected chi connectivity index (χ2v) is 5.61. The van der Waals surface area contributed by atoms with Crippen LogP contribution in [0.4, 0.5) is 0 Å². The van der Waals surface area contributed by atoms with Crippen molar-refractivity contribution in [3.63, 3.8) is 0 Å². The lowest BCUT2D eigenvalue weighted by atomic mass is 9.96. The van der Waals surface area contributed by atoms with E-state index in [2.05, 4.69) is 18.3 Å². The summed E-state index contributed by atoms with van der Waals surface area (Å²) in [6.45, 7) is 4.48. The zero-order valence-electron chi connectivity index (χ0n) is 11.3. The summed E-state index contributed by atoms with van der Waals surface area (Å²) in [4.78, 5) is 0. The maximum absolute atomic E-state index is 6.34. The highest BCUT2D eigenvalue weighted by Crippen LogP contribution is 2.42. The fraction of sp³-hybridized carbons (Fsp3) is 0.600.